The van der Waals surface area contributed by atoms with E-state index >= 15 is 0 Å². The van der Waals surface area contributed by atoms with E-state index in [4.69, 9.17) is 0 Å². The summed E-state index contributed by atoms with van der Waals surface area (Å²) in [7, 11) is 0. The maximum Gasteiger partial charge on any atom is 0.235 e. The predicted molar refractivity (Wildman–Crippen MR) is 45.3 cm³/mol. The van der Waals surface area contributed by atoms with Crippen LogP contribution in [-0.4, -0.2) is 6.08 Å². The summed E-state index contributed by atoms with van der Waals surface area (Å²) in [4.78, 5) is 13.7. The summed E-state index contributed by atoms with van der Waals surface area (Å²) in [6, 6.07) is 11.2. The van der Waals surface area contributed by atoms with Crippen LogP contribution < -0.4 is 0 Å². The van der Waals surface area contributed by atoms with E-state index in [0.29, 0.717) is 0 Å². The van der Waals surface area contributed by atoms with E-state index in [9.17, 15) is 4.79 Å². The molecule has 0 saturated heterocycles. The van der Waals surface area contributed by atoms with Gasteiger partial charge < -0.3 is 0 Å². The van der Waals surface area contributed by atoms with Gasteiger partial charge in [-0.2, -0.15) is 4.99 Å². The van der Waals surface area contributed by atoms with Crippen LogP contribution in [0.5, 0.6) is 0 Å². The standard InChI is InChI=1S/C10H9NO/c1-10(2,11-8-12)9-6-4-3-5-7-9/h3-4,7H,1-2H3. The van der Waals surface area contributed by atoms with Gasteiger partial charge in [0.2, 0.25) is 6.08 Å². The molecule has 2 radical (unpaired) electrons. The summed E-state index contributed by atoms with van der Waals surface area (Å²) in [5.41, 5.74) is 0.299. The monoisotopic (exact) mass is 159 g/mol. The molecule has 0 amide bonds. The topological polar surface area (TPSA) is 29.4 Å². The normalized spacial score (nSPS) is 10.5. The first kappa shape index (κ1) is 8.69. The fourth-order valence-corrected chi connectivity index (χ4v) is 0.880. The van der Waals surface area contributed by atoms with Crippen molar-refractivity contribution in [3.8, 4) is 0 Å². The Bertz CT molecular complexity index is 297. The van der Waals surface area contributed by atoms with Crippen molar-refractivity contribution in [2.75, 3.05) is 0 Å². The van der Waals surface area contributed by atoms with Gasteiger partial charge in [-0.05, 0) is 37.6 Å². The Kier molecular flexibility index (Phi) is 2.41. The first-order valence-electron chi connectivity index (χ1n) is 3.64. The van der Waals surface area contributed by atoms with Crippen molar-refractivity contribution in [3.05, 3.63) is 35.9 Å². The predicted octanol–water partition coefficient (Wildman–Crippen LogP) is 1.86. The van der Waals surface area contributed by atoms with Crippen LogP contribution in [0.15, 0.2) is 23.2 Å². The van der Waals surface area contributed by atoms with Gasteiger partial charge in [-0.1, -0.05) is 12.1 Å². The Morgan fingerprint density at radius 1 is 1.50 bits per heavy atom. The molecule has 0 aliphatic carbocycles. The second-order valence-electron chi connectivity index (χ2n) is 2.96. The SMILES string of the molecule is CC(C)(N=C=O)c1[c]cc[c]c1. The van der Waals surface area contributed by atoms with Gasteiger partial charge in [-0.25, -0.2) is 4.79 Å². The fourth-order valence-electron chi connectivity index (χ4n) is 0.880. The van der Waals surface area contributed by atoms with Crippen molar-refractivity contribution < 1.29 is 4.79 Å². The van der Waals surface area contributed by atoms with Crippen molar-refractivity contribution in [2.24, 2.45) is 4.99 Å². The zero-order valence-electron chi connectivity index (χ0n) is 7.09. The molecule has 0 atom stereocenters. The van der Waals surface area contributed by atoms with E-state index in [2.05, 4.69) is 17.1 Å². The van der Waals surface area contributed by atoms with Crippen molar-refractivity contribution >= 4 is 6.08 Å². The highest BCUT2D eigenvalue weighted by molar-refractivity contribution is 5.37. The van der Waals surface area contributed by atoms with E-state index < -0.39 is 5.54 Å². The van der Waals surface area contributed by atoms with Gasteiger partial charge in [0.05, 0.1) is 5.54 Å². The van der Waals surface area contributed by atoms with Gasteiger partial charge in [0.25, 0.3) is 0 Å². The van der Waals surface area contributed by atoms with Gasteiger partial charge in [-0.3, -0.25) is 0 Å². The first-order chi connectivity index (χ1) is 5.67. The highest BCUT2D eigenvalue weighted by atomic mass is 16.1. The molecule has 0 N–H and O–H groups in total. The lowest BCUT2D eigenvalue weighted by Crippen LogP contribution is -2.13. The van der Waals surface area contributed by atoms with E-state index in [1.54, 1.807) is 24.3 Å². The lowest BCUT2D eigenvalue weighted by molar-refractivity contribution is 0.522. The van der Waals surface area contributed by atoms with Gasteiger partial charge >= 0.3 is 0 Å². The summed E-state index contributed by atoms with van der Waals surface area (Å²) in [5.74, 6) is 0. The summed E-state index contributed by atoms with van der Waals surface area (Å²) in [6.45, 7) is 3.66. The Labute approximate surface area is 71.9 Å². The third kappa shape index (κ3) is 1.80. The molecule has 60 valence electrons. The Balaban J connectivity index is 3.05. The van der Waals surface area contributed by atoms with Gasteiger partial charge in [0.1, 0.15) is 0 Å². The molecule has 0 saturated carbocycles. The molecule has 0 fully saturated rings. The average molecular weight is 159 g/mol. The molecule has 0 heterocycles. The minimum absolute atomic E-state index is 0.542. The summed E-state index contributed by atoms with van der Waals surface area (Å²) >= 11 is 0. The molecule has 2 nitrogen and oxygen atoms in total. The number of nitrogens with zero attached hydrogens (tertiary/aromatic N) is 1. The molecule has 2 heteroatoms. The van der Waals surface area contributed by atoms with E-state index in [-0.39, 0.29) is 0 Å². The smallest absolute Gasteiger partial charge is 0.211 e. The molecular weight excluding hydrogens is 150 g/mol. The largest absolute Gasteiger partial charge is 0.235 e. The number of rotatable bonds is 2. The lowest BCUT2D eigenvalue weighted by atomic mass is 9.95. The Hall–Kier alpha value is -1.40. The van der Waals surface area contributed by atoms with Crippen LogP contribution in [0.2, 0.25) is 0 Å². The van der Waals surface area contributed by atoms with Gasteiger partial charge in [0.15, 0.2) is 0 Å². The second-order valence-corrected chi connectivity index (χ2v) is 2.96. The van der Waals surface area contributed by atoms with Crippen LogP contribution in [-0.2, 0) is 10.3 Å². The van der Waals surface area contributed by atoms with Gasteiger partial charge in [0, 0.05) is 0 Å². The minimum atomic E-state index is -0.542. The van der Waals surface area contributed by atoms with Crippen molar-refractivity contribution in [3.63, 3.8) is 0 Å². The number of aliphatic imine (C=N–C) groups is 1. The lowest BCUT2D eigenvalue weighted by Gasteiger charge is -2.16. The van der Waals surface area contributed by atoms with Crippen LogP contribution in [0.25, 0.3) is 0 Å². The molecule has 1 aromatic rings. The molecular formula is C10H9NO. The van der Waals surface area contributed by atoms with E-state index in [1.165, 1.54) is 0 Å². The maximum atomic E-state index is 10.1. The van der Waals surface area contributed by atoms with Crippen LogP contribution in [0.3, 0.4) is 0 Å². The summed E-state index contributed by atoms with van der Waals surface area (Å²) in [5, 5.41) is 0. The van der Waals surface area contributed by atoms with Crippen LogP contribution in [0.1, 0.15) is 19.4 Å². The average Bonchev–Trinajstić information content (AvgIpc) is 2.06. The number of hydrogen-bond donors (Lipinski definition) is 0. The number of hydrogen-bond acceptors (Lipinski definition) is 2. The molecule has 0 bridgehead atoms. The second kappa shape index (κ2) is 3.33. The highest BCUT2D eigenvalue weighted by Gasteiger charge is 2.18. The third-order valence-electron chi connectivity index (χ3n) is 1.63. The summed E-state index contributed by atoms with van der Waals surface area (Å²) in [6.07, 6.45) is 1.55. The zero-order chi connectivity index (χ0) is 9.03. The first-order valence-corrected chi connectivity index (χ1v) is 3.64. The number of benzene rings is 1. The van der Waals surface area contributed by atoms with Crippen molar-refractivity contribution in [1.29, 1.82) is 0 Å². The molecule has 0 aliphatic rings. The van der Waals surface area contributed by atoms with E-state index in [0.717, 1.165) is 5.56 Å². The van der Waals surface area contributed by atoms with E-state index in [1.807, 2.05) is 13.8 Å². The number of carbonyl (C=O) groups excluding carboxylic acids is 1. The third-order valence-corrected chi connectivity index (χ3v) is 1.63. The van der Waals surface area contributed by atoms with Crippen molar-refractivity contribution in [2.45, 2.75) is 19.4 Å². The number of isocyanates is 1. The summed E-state index contributed by atoms with van der Waals surface area (Å²) < 4.78 is 0. The Morgan fingerprint density at radius 3 is 2.75 bits per heavy atom. The maximum absolute atomic E-state index is 10.1. The van der Waals surface area contributed by atoms with Crippen LogP contribution >= 0.6 is 0 Å². The fraction of sp³-hybridized carbons (Fsp3) is 0.300. The van der Waals surface area contributed by atoms with Crippen LogP contribution in [0.4, 0.5) is 0 Å². The molecule has 1 rings (SSSR count). The van der Waals surface area contributed by atoms with Gasteiger partial charge in [-0.15, -0.1) is 0 Å². The zero-order valence-corrected chi connectivity index (χ0v) is 7.09. The molecule has 0 aliphatic heterocycles. The molecule has 0 spiro atoms. The molecule has 12 heavy (non-hydrogen) atoms. The highest BCUT2D eigenvalue weighted by Crippen LogP contribution is 2.22. The molecule has 1 aromatic carbocycles. The van der Waals surface area contributed by atoms with Crippen LogP contribution in [0, 0.1) is 12.1 Å². The minimum Gasteiger partial charge on any atom is -0.211 e. The molecule has 0 aromatic heterocycles. The quantitative estimate of drug-likeness (QED) is 0.478. The van der Waals surface area contributed by atoms with Crippen molar-refractivity contribution in [1.82, 2.24) is 0 Å². The molecule has 0 unspecified atom stereocenters. The Morgan fingerprint density at radius 2 is 2.25 bits per heavy atom.